The highest BCUT2D eigenvalue weighted by Gasteiger charge is 2.05. The molecule has 0 radical (unpaired) electrons. The Morgan fingerprint density at radius 1 is 0.879 bits per heavy atom. The number of carbonyl (C=O) groups excluding carboxylic acids is 2. The van der Waals surface area contributed by atoms with E-state index in [1.807, 2.05) is 42.5 Å². The Hall–Kier alpha value is -4.45. The number of anilines is 1. The lowest BCUT2D eigenvalue weighted by Gasteiger charge is -2.09. The van der Waals surface area contributed by atoms with Crippen molar-refractivity contribution in [2.45, 2.75) is 13.5 Å². The summed E-state index contributed by atoms with van der Waals surface area (Å²) in [6, 6.07) is 28.5. The molecule has 4 aromatic rings. The summed E-state index contributed by atoms with van der Waals surface area (Å²) in [7, 11) is 0. The molecule has 4 rings (SSSR count). The summed E-state index contributed by atoms with van der Waals surface area (Å²) in [6.45, 7) is 1.91. The lowest BCUT2D eigenvalue weighted by molar-refractivity contribution is -0.114. The Balaban J connectivity index is 1.31. The van der Waals surface area contributed by atoms with E-state index in [1.165, 1.54) is 17.7 Å². The van der Waals surface area contributed by atoms with E-state index >= 15 is 0 Å². The molecule has 6 heteroatoms. The van der Waals surface area contributed by atoms with E-state index in [1.54, 1.807) is 30.5 Å². The second kappa shape index (κ2) is 10.2. The van der Waals surface area contributed by atoms with Crippen LogP contribution in [0.1, 0.15) is 28.4 Å². The molecule has 4 aromatic carbocycles. The highest BCUT2D eigenvalue weighted by molar-refractivity contribution is 5.96. The first-order valence-corrected chi connectivity index (χ1v) is 10.5. The van der Waals surface area contributed by atoms with Crippen molar-refractivity contribution in [1.82, 2.24) is 5.43 Å². The number of hydrogen-bond donors (Lipinski definition) is 2. The zero-order valence-electron chi connectivity index (χ0n) is 18.1. The summed E-state index contributed by atoms with van der Waals surface area (Å²) in [5, 5.41) is 9.04. The van der Waals surface area contributed by atoms with Crippen LogP contribution in [0.25, 0.3) is 10.8 Å². The Morgan fingerprint density at radius 3 is 2.36 bits per heavy atom. The van der Waals surface area contributed by atoms with Crippen LogP contribution in [0.15, 0.2) is 96.1 Å². The highest BCUT2D eigenvalue weighted by Crippen LogP contribution is 2.21. The summed E-state index contributed by atoms with van der Waals surface area (Å²) in [6.07, 6.45) is 1.57. The van der Waals surface area contributed by atoms with Crippen LogP contribution < -0.4 is 15.5 Å². The number of carbonyl (C=O) groups is 2. The van der Waals surface area contributed by atoms with Gasteiger partial charge in [-0.2, -0.15) is 5.10 Å². The van der Waals surface area contributed by atoms with Crippen LogP contribution in [0.5, 0.6) is 5.75 Å². The van der Waals surface area contributed by atoms with Crippen molar-refractivity contribution < 1.29 is 14.3 Å². The minimum Gasteiger partial charge on any atom is -0.489 e. The molecule has 0 bridgehead atoms. The molecule has 0 saturated carbocycles. The Bertz CT molecular complexity index is 1290. The van der Waals surface area contributed by atoms with E-state index in [-0.39, 0.29) is 11.8 Å². The van der Waals surface area contributed by atoms with Gasteiger partial charge in [0.25, 0.3) is 5.91 Å². The fraction of sp³-hybridized carbons (Fsp3) is 0.0741. The third kappa shape index (κ3) is 5.83. The van der Waals surface area contributed by atoms with Gasteiger partial charge in [-0.25, -0.2) is 5.43 Å². The van der Waals surface area contributed by atoms with E-state index in [2.05, 4.69) is 40.1 Å². The molecule has 0 aliphatic rings. The minimum absolute atomic E-state index is 0.165. The van der Waals surface area contributed by atoms with Gasteiger partial charge in [0, 0.05) is 18.2 Å². The summed E-state index contributed by atoms with van der Waals surface area (Å²) in [5.74, 6) is 0.251. The standard InChI is InChI=1S/C27H23N3O3/c1-19(31)29-24-13-11-22(12-14-24)27(32)30-28-17-20-9-15-25(16-10-20)33-18-23-7-4-6-21-5-2-3-8-26(21)23/h2-17H,18H2,1H3,(H,29,31)(H,30,32)/b28-17-. The average Bonchev–Trinajstić information content (AvgIpc) is 2.83. The van der Waals surface area contributed by atoms with Gasteiger partial charge in [0.1, 0.15) is 12.4 Å². The van der Waals surface area contributed by atoms with Crippen molar-refractivity contribution in [2.24, 2.45) is 5.10 Å². The number of hydrogen-bond acceptors (Lipinski definition) is 4. The topological polar surface area (TPSA) is 79.8 Å². The normalized spacial score (nSPS) is 10.8. The van der Waals surface area contributed by atoms with E-state index in [0.717, 1.165) is 16.9 Å². The number of fused-ring (bicyclic) bond motifs is 1. The van der Waals surface area contributed by atoms with Gasteiger partial charge in [-0.3, -0.25) is 9.59 Å². The molecular weight excluding hydrogens is 414 g/mol. The third-order valence-corrected chi connectivity index (χ3v) is 5.00. The number of benzene rings is 4. The smallest absolute Gasteiger partial charge is 0.271 e. The fourth-order valence-corrected chi connectivity index (χ4v) is 3.37. The molecule has 6 nitrogen and oxygen atoms in total. The van der Waals surface area contributed by atoms with Crippen LogP contribution in [-0.2, 0) is 11.4 Å². The van der Waals surface area contributed by atoms with Gasteiger partial charge in [0.15, 0.2) is 0 Å². The molecule has 164 valence electrons. The maximum Gasteiger partial charge on any atom is 0.271 e. The quantitative estimate of drug-likeness (QED) is 0.310. The number of hydrazone groups is 1. The third-order valence-electron chi connectivity index (χ3n) is 5.00. The minimum atomic E-state index is -0.337. The molecular formula is C27H23N3O3. The van der Waals surface area contributed by atoms with Crippen LogP contribution in [0.3, 0.4) is 0 Å². The van der Waals surface area contributed by atoms with Crippen LogP contribution in [0, 0.1) is 0 Å². The van der Waals surface area contributed by atoms with Gasteiger partial charge >= 0.3 is 0 Å². The van der Waals surface area contributed by atoms with Crippen LogP contribution in [0.4, 0.5) is 5.69 Å². The molecule has 0 heterocycles. The molecule has 0 aliphatic carbocycles. The van der Waals surface area contributed by atoms with Crippen molar-refractivity contribution in [3.8, 4) is 5.75 Å². The van der Waals surface area contributed by atoms with Crippen molar-refractivity contribution in [3.05, 3.63) is 108 Å². The molecule has 0 unspecified atom stereocenters. The molecule has 33 heavy (non-hydrogen) atoms. The Labute approximate surface area is 191 Å². The number of nitrogens with one attached hydrogen (secondary N) is 2. The van der Waals surface area contributed by atoms with Crippen molar-refractivity contribution in [3.63, 3.8) is 0 Å². The summed E-state index contributed by atoms with van der Waals surface area (Å²) >= 11 is 0. The lowest BCUT2D eigenvalue weighted by Crippen LogP contribution is -2.17. The van der Waals surface area contributed by atoms with Gasteiger partial charge in [-0.05, 0) is 70.4 Å². The summed E-state index contributed by atoms with van der Waals surface area (Å²) < 4.78 is 5.95. The van der Waals surface area contributed by atoms with E-state index in [0.29, 0.717) is 17.9 Å². The molecule has 0 spiro atoms. The second-order valence-corrected chi connectivity index (χ2v) is 7.45. The maximum absolute atomic E-state index is 12.2. The van der Waals surface area contributed by atoms with Crippen LogP contribution in [0.2, 0.25) is 0 Å². The first-order chi connectivity index (χ1) is 16.1. The SMILES string of the molecule is CC(=O)Nc1ccc(C(=O)N/N=C\c2ccc(OCc3cccc4ccccc34)cc2)cc1. The van der Waals surface area contributed by atoms with Gasteiger partial charge in [0.05, 0.1) is 6.21 Å². The number of amides is 2. The van der Waals surface area contributed by atoms with Crippen LogP contribution in [-0.4, -0.2) is 18.0 Å². The Kier molecular flexibility index (Phi) is 6.75. The van der Waals surface area contributed by atoms with Gasteiger partial charge < -0.3 is 10.1 Å². The monoisotopic (exact) mass is 437 g/mol. The summed E-state index contributed by atoms with van der Waals surface area (Å²) in [4.78, 5) is 23.3. The first kappa shape index (κ1) is 21.8. The molecule has 0 fully saturated rings. The number of ether oxygens (including phenoxy) is 1. The zero-order chi connectivity index (χ0) is 23.0. The maximum atomic E-state index is 12.2. The predicted molar refractivity (Wildman–Crippen MR) is 131 cm³/mol. The Morgan fingerprint density at radius 2 is 1.61 bits per heavy atom. The molecule has 2 N–H and O–H groups in total. The van der Waals surface area contributed by atoms with Crippen LogP contribution >= 0.6 is 0 Å². The first-order valence-electron chi connectivity index (χ1n) is 10.5. The molecule has 0 aliphatic heterocycles. The van der Waals surface area contributed by atoms with E-state index in [9.17, 15) is 9.59 Å². The molecule has 0 aromatic heterocycles. The number of nitrogens with zero attached hydrogens (tertiary/aromatic N) is 1. The number of rotatable bonds is 7. The van der Waals surface area contributed by atoms with Crippen molar-refractivity contribution >= 4 is 34.5 Å². The fourth-order valence-electron chi connectivity index (χ4n) is 3.37. The van der Waals surface area contributed by atoms with Gasteiger partial charge in [0.2, 0.25) is 5.91 Å². The van der Waals surface area contributed by atoms with E-state index < -0.39 is 0 Å². The molecule has 0 saturated heterocycles. The highest BCUT2D eigenvalue weighted by atomic mass is 16.5. The predicted octanol–water partition coefficient (Wildman–Crippen LogP) is 5.14. The lowest BCUT2D eigenvalue weighted by atomic mass is 10.1. The van der Waals surface area contributed by atoms with Gasteiger partial charge in [-0.1, -0.05) is 42.5 Å². The van der Waals surface area contributed by atoms with Crippen molar-refractivity contribution in [1.29, 1.82) is 0 Å². The largest absolute Gasteiger partial charge is 0.489 e. The molecule has 2 amide bonds. The summed E-state index contributed by atoms with van der Waals surface area (Å²) in [5.41, 5.74) is 5.53. The van der Waals surface area contributed by atoms with Crippen molar-refractivity contribution in [2.75, 3.05) is 5.32 Å². The average molecular weight is 437 g/mol. The van der Waals surface area contributed by atoms with Gasteiger partial charge in [-0.15, -0.1) is 0 Å². The zero-order valence-corrected chi connectivity index (χ0v) is 18.1. The van der Waals surface area contributed by atoms with E-state index in [4.69, 9.17) is 4.74 Å². The molecule has 0 atom stereocenters. The second-order valence-electron chi connectivity index (χ2n) is 7.45.